The van der Waals surface area contributed by atoms with E-state index in [0.29, 0.717) is 12.2 Å². The Balaban J connectivity index is 2.74. The molecule has 0 aliphatic carbocycles. The van der Waals surface area contributed by atoms with Gasteiger partial charge in [-0.1, -0.05) is 6.07 Å². The van der Waals surface area contributed by atoms with E-state index in [9.17, 15) is 4.79 Å². The van der Waals surface area contributed by atoms with Crippen LogP contribution in [0.25, 0.3) is 0 Å². The number of aryl methyl sites for hydroxylation is 1. The second-order valence-electron chi connectivity index (χ2n) is 3.05. The number of ether oxygens (including phenoxy) is 1. The first-order chi connectivity index (χ1) is 7.67. The van der Waals surface area contributed by atoms with E-state index in [-0.39, 0.29) is 5.11 Å². The van der Waals surface area contributed by atoms with Gasteiger partial charge in [-0.2, -0.15) is 0 Å². The lowest BCUT2D eigenvalue weighted by atomic mass is 10.2. The third kappa shape index (κ3) is 3.39. The van der Waals surface area contributed by atoms with Crippen molar-refractivity contribution in [2.45, 2.75) is 6.92 Å². The lowest BCUT2D eigenvalue weighted by Gasteiger charge is -2.13. The van der Waals surface area contributed by atoms with Gasteiger partial charge in [-0.25, -0.2) is 0 Å². The van der Waals surface area contributed by atoms with Gasteiger partial charge < -0.3 is 10.1 Å². The molecule has 0 fully saturated rings. The Morgan fingerprint density at radius 1 is 1.50 bits per heavy atom. The van der Waals surface area contributed by atoms with Crippen molar-refractivity contribution in [1.29, 1.82) is 0 Å². The second-order valence-corrected chi connectivity index (χ2v) is 3.45. The fourth-order valence-corrected chi connectivity index (χ4v) is 1.34. The van der Waals surface area contributed by atoms with Crippen molar-refractivity contribution in [3.63, 3.8) is 0 Å². The summed E-state index contributed by atoms with van der Waals surface area (Å²) in [6.07, 6.45) is 0.501. The topological polar surface area (TPSA) is 62.4 Å². The molecule has 0 bridgehead atoms. The number of carbonyl (C=O) groups is 1. The predicted molar refractivity (Wildman–Crippen MR) is 66.3 cm³/mol. The fraction of sp³-hybridized carbons (Fsp3) is 0.200. The zero-order valence-corrected chi connectivity index (χ0v) is 9.85. The van der Waals surface area contributed by atoms with E-state index < -0.39 is 0 Å². The number of amides is 1. The van der Waals surface area contributed by atoms with Crippen molar-refractivity contribution in [3.8, 4) is 5.75 Å². The molecule has 0 saturated carbocycles. The lowest BCUT2D eigenvalue weighted by Crippen LogP contribution is -2.39. The highest BCUT2D eigenvalue weighted by molar-refractivity contribution is 7.80. The number of hydrogen-bond acceptors (Lipinski definition) is 3. The van der Waals surface area contributed by atoms with Crippen LogP contribution in [-0.2, 0) is 4.79 Å². The molecule has 6 heteroatoms. The standard InChI is InChI=1S/C10H13N3O2S/c1-7-3-4-9(15-2)8(5-7)12-10(16)13-11-6-14/h3-6H,1-2H3,(H,11,14)(H2,12,13,16). The minimum atomic E-state index is 0.288. The number of methoxy groups -OCH3 is 1. The molecule has 0 aliphatic rings. The maximum Gasteiger partial charge on any atom is 0.225 e. The molecule has 0 unspecified atom stereocenters. The molecule has 86 valence electrons. The summed E-state index contributed by atoms with van der Waals surface area (Å²) < 4.78 is 5.17. The van der Waals surface area contributed by atoms with Crippen molar-refractivity contribution < 1.29 is 9.53 Å². The Kier molecular flexibility index (Phi) is 4.53. The van der Waals surface area contributed by atoms with E-state index in [2.05, 4.69) is 16.2 Å². The van der Waals surface area contributed by atoms with E-state index in [0.717, 1.165) is 11.3 Å². The summed E-state index contributed by atoms with van der Waals surface area (Å²) in [5.41, 5.74) is 6.57. The van der Waals surface area contributed by atoms with E-state index in [1.54, 1.807) is 7.11 Å². The van der Waals surface area contributed by atoms with Gasteiger partial charge in [0.25, 0.3) is 0 Å². The number of hydrogen-bond donors (Lipinski definition) is 3. The number of anilines is 1. The third-order valence-electron chi connectivity index (χ3n) is 1.85. The molecule has 0 spiro atoms. The summed E-state index contributed by atoms with van der Waals surface area (Å²) >= 11 is 4.95. The Morgan fingerprint density at radius 3 is 2.88 bits per heavy atom. The van der Waals surface area contributed by atoms with Gasteiger partial charge in [0.2, 0.25) is 6.41 Å². The van der Waals surface area contributed by atoms with Crippen molar-refractivity contribution in [2.75, 3.05) is 12.4 Å². The molecule has 16 heavy (non-hydrogen) atoms. The summed E-state index contributed by atoms with van der Waals surface area (Å²) in [4.78, 5) is 10.1. The first-order valence-electron chi connectivity index (χ1n) is 4.58. The highest BCUT2D eigenvalue weighted by atomic mass is 32.1. The van der Waals surface area contributed by atoms with Crippen LogP contribution >= 0.6 is 12.2 Å². The van der Waals surface area contributed by atoms with Crippen LogP contribution in [-0.4, -0.2) is 18.6 Å². The normalized spacial score (nSPS) is 9.12. The first kappa shape index (κ1) is 12.3. The average molecular weight is 239 g/mol. The molecule has 1 rings (SSSR count). The first-order valence-corrected chi connectivity index (χ1v) is 4.99. The van der Waals surface area contributed by atoms with Gasteiger partial charge >= 0.3 is 0 Å². The molecule has 0 aromatic heterocycles. The molecular formula is C10H13N3O2S. The van der Waals surface area contributed by atoms with Gasteiger partial charge in [-0.05, 0) is 36.8 Å². The Labute approximate surface area is 99.1 Å². The zero-order chi connectivity index (χ0) is 12.0. The summed E-state index contributed by atoms with van der Waals surface area (Å²) in [7, 11) is 1.58. The lowest BCUT2D eigenvalue weighted by molar-refractivity contribution is -0.110. The van der Waals surface area contributed by atoms with Crippen LogP contribution in [0.4, 0.5) is 5.69 Å². The molecule has 1 aromatic rings. The quantitative estimate of drug-likeness (QED) is 0.415. The molecule has 0 heterocycles. The molecule has 0 aliphatic heterocycles. The minimum absolute atomic E-state index is 0.288. The van der Waals surface area contributed by atoms with E-state index >= 15 is 0 Å². The number of hydrazine groups is 1. The highest BCUT2D eigenvalue weighted by Gasteiger charge is 2.04. The Morgan fingerprint density at radius 2 is 2.25 bits per heavy atom. The van der Waals surface area contributed by atoms with Crippen molar-refractivity contribution >= 4 is 29.4 Å². The molecule has 5 nitrogen and oxygen atoms in total. The summed E-state index contributed by atoms with van der Waals surface area (Å²) in [5.74, 6) is 0.681. The highest BCUT2D eigenvalue weighted by Crippen LogP contribution is 2.24. The minimum Gasteiger partial charge on any atom is -0.495 e. The van der Waals surface area contributed by atoms with Crippen LogP contribution < -0.4 is 20.9 Å². The van der Waals surface area contributed by atoms with Crippen molar-refractivity contribution in [3.05, 3.63) is 23.8 Å². The SMILES string of the molecule is COc1ccc(C)cc1NC(=S)NNC=O. The molecule has 0 saturated heterocycles. The van der Waals surface area contributed by atoms with Crippen molar-refractivity contribution in [1.82, 2.24) is 10.9 Å². The number of benzene rings is 1. The van der Waals surface area contributed by atoms with Crippen LogP contribution in [0, 0.1) is 6.92 Å². The van der Waals surface area contributed by atoms with Gasteiger partial charge in [-0.3, -0.25) is 15.6 Å². The maximum atomic E-state index is 10.1. The molecular weight excluding hydrogens is 226 g/mol. The predicted octanol–water partition coefficient (Wildman–Crippen LogP) is 0.951. The summed E-state index contributed by atoms with van der Waals surface area (Å²) in [5, 5.41) is 3.20. The number of carbonyl (C=O) groups excluding carboxylic acids is 1. The molecule has 3 N–H and O–H groups in total. The number of nitrogens with one attached hydrogen (secondary N) is 3. The van der Waals surface area contributed by atoms with Crippen LogP contribution in [0.3, 0.4) is 0 Å². The second kappa shape index (κ2) is 5.92. The number of rotatable bonds is 4. The van der Waals surface area contributed by atoms with Gasteiger partial charge in [0.1, 0.15) is 5.75 Å². The third-order valence-corrected chi connectivity index (χ3v) is 2.05. The fourth-order valence-electron chi connectivity index (χ4n) is 1.17. The molecule has 1 aromatic carbocycles. The number of thiocarbonyl (C=S) groups is 1. The summed E-state index contributed by atoms with van der Waals surface area (Å²) in [6, 6.07) is 5.67. The zero-order valence-electron chi connectivity index (χ0n) is 9.03. The maximum absolute atomic E-state index is 10.1. The smallest absolute Gasteiger partial charge is 0.225 e. The van der Waals surface area contributed by atoms with Crippen LogP contribution in [0.2, 0.25) is 0 Å². The van der Waals surface area contributed by atoms with Gasteiger partial charge in [0.15, 0.2) is 5.11 Å². The monoisotopic (exact) mass is 239 g/mol. The van der Waals surface area contributed by atoms with E-state index in [4.69, 9.17) is 17.0 Å². The van der Waals surface area contributed by atoms with E-state index in [1.165, 1.54) is 0 Å². The van der Waals surface area contributed by atoms with Gasteiger partial charge in [0, 0.05) is 0 Å². The van der Waals surface area contributed by atoms with Gasteiger partial charge in [-0.15, -0.1) is 0 Å². The molecule has 1 amide bonds. The van der Waals surface area contributed by atoms with Crippen LogP contribution in [0.15, 0.2) is 18.2 Å². The van der Waals surface area contributed by atoms with Crippen LogP contribution in [0.5, 0.6) is 5.75 Å². The average Bonchev–Trinajstić information content (AvgIpc) is 2.27. The van der Waals surface area contributed by atoms with Gasteiger partial charge in [0.05, 0.1) is 12.8 Å². The molecule has 0 atom stereocenters. The largest absolute Gasteiger partial charge is 0.495 e. The van der Waals surface area contributed by atoms with E-state index in [1.807, 2.05) is 25.1 Å². The summed E-state index contributed by atoms with van der Waals surface area (Å²) in [6.45, 7) is 1.96. The Hall–Kier alpha value is -1.82. The van der Waals surface area contributed by atoms with Crippen molar-refractivity contribution in [2.24, 2.45) is 0 Å². The Bertz CT molecular complexity index is 396. The van der Waals surface area contributed by atoms with Crippen LogP contribution in [0.1, 0.15) is 5.56 Å². The molecule has 0 radical (unpaired) electrons.